The first-order valence-electron chi connectivity index (χ1n) is 7.36. The van der Waals surface area contributed by atoms with Gasteiger partial charge in [0.15, 0.2) is 5.69 Å². The Labute approximate surface area is 139 Å². The van der Waals surface area contributed by atoms with Gasteiger partial charge in [-0.3, -0.25) is 4.79 Å². The van der Waals surface area contributed by atoms with Gasteiger partial charge in [0.25, 0.3) is 5.91 Å². The Morgan fingerprint density at radius 1 is 1.39 bits per heavy atom. The molecule has 0 saturated heterocycles. The van der Waals surface area contributed by atoms with Crippen molar-refractivity contribution in [2.45, 2.75) is 32.2 Å². The number of amides is 1. The van der Waals surface area contributed by atoms with Gasteiger partial charge in [0, 0.05) is 11.2 Å². The first-order valence-corrected chi connectivity index (χ1v) is 7.74. The Bertz CT molecular complexity index is 699. The van der Waals surface area contributed by atoms with Gasteiger partial charge in [-0.05, 0) is 30.7 Å². The maximum absolute atomic E-state index is 12.2. The number of nitrogens with one attached hydrogen (secondary N) is 1. The summed E-state index contributed by atoms with van der Waals surface area (Å²) < 4.78 is 1.52. The van der Waals surface area contributed by atoms with E-state index in [-0.39, 0.29) is 5.69 Å². The zero-order chi connectivity index (χ0) is 16.8. The van der Waals surface area contributed by atoms with Gasteiger partial charge in [0.05, 0.1) is 5.69 Å². The summed E-state index contributed by atoms with van der Waals surface area (Å²) in [7, 11) is 0. The molecular weight excluding hydrogens is 318 g/mol. The van der Waals surface area contributed by atoms with E-state index in [2.05, 4.69) is 10.4 Å². The Kier molecular flexibility index (Phi) is 5.76. The van der Waals surface area contributed by atoms with Gasteiger partial charge in [0.2, 0.25) is 0 Å². The fraction of sp³-hybridized carbons (Fsp3) is 0.312. The molecule has 122 valence electrons. The number of hydrogen-bond acceptors (Lipinski definition) is 3. The second-order valence-electron chi connectivity index (χ2n) is 5.13. The summed E-state index contributed by atoms with van der Waals surface area (Å²) >= 11 is 5.93. The summed E-state index contributed by atoms with van der Waals surface area (Å²) in [5.74, 6) is -1.55. The molecule has 1 unspecified atom stereocenters. The molecule has 2 aromatic rings. The Balaban J connectivity index is 2.10. The second kappa shape index (κ2) is 7.78. The molecule has 1 heterocycles. The van der Waals surface area contributed by atoms with E-state index in [1.54, 1.807) is 24.4 Å². The molecule has 23 heavy (non-hydrogen) atoms. The van der Waals surface area contributed by atoms with Crippen molar-refractivity contribution in [3.63, 3.8) is 0 Å². The number of rotatable bonds is 7. The highest BCUT2D eigenvalue weighted by atomic mass is 35.5. The van der Waals surface area contributed by atoms with Gasteiger partial charge in [-0.25, -0.2) is 9.48 Å². The number of carboxylic acids is 1. The molecule has 0 saturated carbocycles. The number of hydrogen-bond donors (Lipinski definition) is 2. The number of aromatic nitrogens is 2. The third-order valence-corrected chi connectivity index (χ3v) is 3.58. The first-order chi connectivity index (χ1) is 11.0. The fourth-order valence-electron chi connectivity index (χ4n) is 2.11. The lowest BCUT2D eigenvalue weighted by Gasteiger charge is -2.12. The third kappa shape index (κ3) is 4.56. The zero-order valence-electron chi connectivity index (χ0n) is 12.7. The molecule has 1 amide bonds. The van der Waals surface area contributed by atoms with Crippen LogP contribution >= 0.6 is 11.6 Å². The highest BCUT2D eigenvalue weighted by Gasteiger charge is 2.21. The monoisotopic (exact) mass is 335 g/mol. The molecule has 0 bridgehead atoms. The molecule has 2 N–H and O–H groups in total. The maximum atomic E-state index is 12.2. The molecule has 0 spiro atoms. The molecule has 1 aromatic heterocycles. The minimum Gasteiger partial charge on any atom is -0.480 e. The van der Waals surface area contributed by atoms with Crippen molar-refractivity contribution >= 4 is 23.5 Å². The van der Waals surface area contributed by atoms with Crippen molar-refractivity contribution in [3.8, 4) is 5.69 Å². The van der Waals surface area contributed by atoms with Crippen LogP contribution in [-0.4, -0.2) is 32.8 Å². The van der Waals surface area contributed by atoms with E-state index in [1.165, 1.54) is 10.7 Å². The third-order valence-electron chi connectivity index (χ3n) is 3.34. The lowest BCUT2D eigenvalue weighted by atomic mass is 10.1. The summed E-state index contributed by atoms with van der Waals surface area (Å²) in [4.78, 5) is 23.3. The van der Waals surface area contributed by atoms with E-state index in [4.69, 9.17) is 16.7 Å². The number of carboxylic acid groups (broad SMARTS) is 1. The number of benzene rings is 1. The summed E-state index contributed by atoms with van der Waals surface area (Å²) in [5, 5.41) is 16.4. The van der Waals surface area contributed by atoms with Crippen LogP contribution in [0.4, 0.5) is 0 Å². The molecule has 0 aliphatic carbocycles. The van der Waals surface area contributed by atoms with Crippen molar-refractivity contribution in [1.82, 2.24) is 15.1 Å². The molecule has 0 aliphatic rings. The predicted octanol–water partition coefficient (Wildman–Crippen LogP) is 2.90. The quantitative estimate of drug-likeness (QED) is 0.814. The summed E-state index contributed by atoms with van der Waals surface area (Å²) in [5.41, 5.74) is 0.880. The topological polar surface area (TPSA) is 84.2 Å². The Morgan fingerprint density at radius 2 is 2.17 bits per heavy atom. The normalized spacial score (nSPS) is 11.9. The van der Waals surface area contributed by atoms with Crippen molar-refractivity contribution in [1.29, 1.82) is 0 Å². The Hall–Kier alpha value is -2.34. The number of aliphatic carboxylic acids is 1. The molecule has 2 rings (SSSR count). The van der Waals surface area contributed by atoms with Gasteiger partial charge in [-0.1, -0.05) is 37.4 Å². The van der Waals surface area contributed by atoms with Crippen LogP contribution in [0.25, 0.3) is 5.69 Å². The molecule has 1 atom stereocenters. The van der Waals surface area contributed by atoms with Crippen LogP contribution in [-0.2, 0) is 4.79 Å². The zero-order valence-corrected chi connectivity index (χ0v) is 13.5. The van der Waals surface area contributed by atoms with Gasteiger partial charge in [0.1, 0.15) is 6.04 Å². The highest BCUT2D eigenvalue weighted by molar-refractivity contribution is 6.30. The van der Waals surface area contributed by atoms with E-state index < -0.39 is 17.9 Å². The van der Waals surface area contributed by atoms with Gasteiger partial charge in [-0.2, -0.15) is 5.10 Å². The van der Waals surface area contributed by atoms with Crippen molar-refractivity contribution in [2.75, 3.05) is 0 Å². The standard InChI is InChI=1S/C16H18ClN3O3/c1-2-3-7-14(16(22)23)18-15(21)13-8-9-20(19-13)12-6-4-5-11(17)10-12/h4-6,8-10,14H,2-3,7H2,1H3,(H,18,21)(H,22,23). The van der Waals surface area contributed by atoms with Crippen molar-refractivity contribution in [2.24, 2.45) is 0 Å². The summed E-state index contributed by atoms with van der Waals surface area (Å²) in [6, 6.07) is 7.69. The first kappa shape index (κ1) is 17.0. The molecule has 1 aromatic carbocycles. The van der Waals surface area contributed by atoms with Crippen LogP contribution < -0.4 is 5.32 Å². The average molecular weight is 336 g/mol. The lowest BCUT2D eigenvalue weighted by molar-refractivity contribution is -0.139. The van der Waals surface area contributed by atoms with Gasteiger partial charge in [-0.15, -0.1) is 0 Å². The molecule has 6 nitrogen and oxygen atoms in total. The summed E-state index contributed by atoms with van der Waals surface area (Å²) in [6.45, 7) is 1.97. The molecular formula is C16H18ClN3O3. The molecule has 7 heteroatoms. The van der Waals surface area contributed by atoms with E-state index in [0.29, 0.717) is 11.4 Å². The van der Waals surface area contributed by atoms with Crippen molar-refractivity contribution in [3.05, 3.63) is 47.2 Å². The van der Waals surface area contributed by atoms with Crippen LogP contribution in [0.15, 0.2) is 36.5 Å². The molecule has 0 radical (unpaired) electrons. The maximum Gasteiger partial charge on any atom is 0.326 e. The van der Waals surface area contributed by atoms with Crippen LogP contribution in [0.2, 0.25) is 5.02 Å². The van der Waals surface area contributed by atoms with E-state index >= 15 is 0 Å². The van der Waals surface area contributed by atoms with Crippen LogP contribution in [0.3, 0.4) is 0 Å². The van der Waals surface area contributed by atoms with E-state index in [1.807, 2.05) is 13.0 Å². The minimum atomic E-state index is -1.04. The number of carbonyl (C=O) groups is 2. The fourth-order valence-corrected chi connectivity index (χ4v) is 2.29. The predicted molar refractivity (Wildman–Crippen MR) is 87.0 cm³/mol. The number of halogens is 1. The van der Waals surface area contributed by atoms with Crippen LogP contribution in [0.1, 0.15) is 36.7 Å². The lowest BCUT2D eigenvalue weighted by Crippen LogP contribution is -2.40. The molecule has 0 aliphatic heterocycles. The smallest absolute Gasteiger partial charge is 0.326 e. The van der Waals surface area contributed by atoms with E-state index in [9.17, 15) is 9.59 Å². The Morgan fingerprint density at radius 3 is 2.83 bits per heavy atom. The average Bonchev–Trinajstić information content (AvgIpc) is 3.01. The van der Waals surface area contributed by atoms with Crippen LogP contribution in [0.5, 0.6) is 0 Å². The second-order valence-corrected chi connectivity index (χ2v) is 5.57. The highest BCUT2D eigenvalue weighted by Crippen LogP contribution is 2.14. The number of unbranched alkanes of at least 4 members (excludes halogenated alkanes) is 1. The van der Waals surface area contributed by atoms with Crippen LogP contribution in [0, 0.1) is 0 Å². The van der Waals surface area contributed by atoms with Gasteiger partial charge >= 0.3 is 5.97 Å². The number of carbonyl (C=O) groups excluding carboxylic acids is 1. The SMILES string of the molecule is CCCCC(NC(=O)c1ccn(-c2cccc(Cl)c2)n1)C(=O)O. The largest absolute Gasteiger partial charge is 0.480 e. The van der Waals surface area contributed by atoms with Crippen molar-refractivity contribution < 1.29 is 14.7 Å². The number of nitrogens with zero attached hydrogens (tertiary/aromatic N) is 2. The summed E-state index contributed by atoms with van der Waals surface area (Å²) in [6.07, 6.45) is 3.62. The minimum absolute atomic E-state index is 0.160. The van der Waals surface area contributed by atoms with E-state index in [0.717, 1.165) is 18.5 Å². The molecule has 0 fully saturated rings. The van der Waals surface area contributed by atoms with Gasteiger partial charge < -0.3 is 10.4 Å².